The molecule has 2 aromatic rings. The van der Waals surface area contributed by atoms with Crippen LogP contribution >= 0.6 is 0 Å². The maximum atomic E-state index is 12.5. The number of sulfonamides is 1. The highest BCUT2D eigenvalue weighted by molar-refractivity contribution is 7.89. The predicted octanol–water partition coefficient (Wildman–Crippen LogP) is 1.20. The summed E-state index contributed by atoms with van der Waals surface area (Å²) in [6.45, 7) is 7.25. The van der Waals surface area contributed by atoms with E-state index in [-0.39, 0.29) is 11.4 Å². The molecule has 0 unspecified atom stereocenters. The summed E-state index contributed by atoms with van der Waals surface area (Å²) in [4.78, 5) is 11.3. The fourth-order valence-electron chi connectivity index (χ4n) is 2.97. The largest absolute Gasteiger partial charge is 0.357 e. The number of H-pyrrole nitrogens is 1. The van der Waals surface area contributed by atoms with Crippen molar-refractivity contribution in [3.8, 4) is 0 Å². The lowest BCUT2D eigenvalue weighted by Crippen LogP contribution is -2.26. The molecule has 1 saturated heterocycles. The SMILES string of the molecule is Cc1cc(N2CCCC2)nc(CNS(=O)(=O)c2c(C)n[nH]c2C)n1. The van der Waals surface area contributed by atoms with Gasteiger partial charge in [0.15, 0.2) is 0 Å². The fraction of sp³-hybridized carbons (Fsp3) is 0.533. The Balaban J connectivity index is 1.79. The van der Waals surface area contributed by atoms with Crippen molar-refractivity contribution in [2.45, 2.75) is 45.1 Å². The van der Waals surface area contributed by atoms with E-state index >= 15 is 0 Å². The smallest absolute Gasteiger partial charge is 0.244 e. The van der Waals surface area contributed by atoms with Crippen LogP contribution in [0.2, 0.25) is 0 Å². The second kappa shape index (κ2) is 6.48. The minimum atomic E-state index is -3.66. The molecule has 3 heterocycles. The van der Waals surface area contributed by atoms with Crippen molar-refractivity contribution in [3.05, 3.63) is 29.0 Å². The highest BCUT2D eigenvalue weighted by atomic mass is 32.2. The summed E-state index contributed by atoms with van der Waals surface area (Å²) < 4.78 is 27.6. The van der Waals surface area contributed by atoms with Crippen molar-refractivity contribution in [3.63, 3.8) is 0 Å². The molecule has 1 aliphatic heterocycles. The quantitative estimate of drug-likeness (QED) is 0.840. The summed E-state index contributed by atoms with van der Waals surface area (Å²) in [5, 5.41) is 6.63. The van der Waals surface area contributed by atoms with Gasteiger partial charge in [-0.05, 0) is 33.6 Å². The number of hydrogen-bond acceptors (Lipinski definition) is 6. The molecule has 24 heavy (non-hydrogen) atoms. The molecular weight excluding hydrogens is 328 g/mol. The molecule has 0 spiro atoms. The first kappa shape index (κ1) is 16.8. The van der Waals surface area contributed by atoms with E-state index in [0.29, 0.717) is 17.2 Å². The van der Waals surface area contributed by atoms with Crippen LogP contribution in [0.1, 0.15) is 35.7 Å². The first-order valence-corrected chi connectivity index (χ1v) is 9.46. The predicted molar refractivity (Wildman–Crippen MR) is 90.3 cm³/mol. The van der Waals surface area contributed by atoms with Crippen molar-refractivity contribution >= 4 is 15.8 Å². The van der Waals surface area contributed by atoms with E-state index < -0.39 is 10.0 Å². The summed E-state index contributed by atoms with van der Waals surface area (Å²) in [7, 11) is -3.66. The average Bonchev–Trinajstić information content (AvgIpc) is 3.15. The number of rotatable bonds is 5. The number of hydrogen-bond donors (Lipinski definition) is 2. The Bertz CT molecular complexity index is 820. The molecule has 0 saturated carbocycles. The van der Waals surface area contributed by atoms with Gasteiger partial charge in [0, 0.05) is 24.8 Å². The van der Waals surface area contributed by atoms with E-state index in [1.54, 1.807) is 13.8 Å². The van der Waals surface area contributed by atoms with Gasteiger partial charge in [-0.1, -0.05) is 0 Å². The van der Waals surface area contributed by atoms with Gasteiger partial charge in [0.1, 0.15) is 16.5 Å². The van der Waals surface area contributed by atoms with Crippen LogP contribution in [-0.2, 0) is 16.6 Å². The summed E-state index contributed by atoms with van der Waals surface area (Å²) in [6, 6.07) is 1.94. The van der Waals surface area contributed by atoms with Gasteiger partial charge in [-0.2, -0.15) is 5.10 Å². The molecule has 0 bridgehead atoms. The van der Waals surface area contributed by atoms with Crippen LogP contribution in [0.5, 0.6) is 0 Å². The minimum absolute atomic E-state index is 0.0505. The number of anilines is 1. The third-order valence-corrected chi connectivity index (χ3v) is 5.73. The zero-order chi connectivity index (χ0) is 17.3. The van der Waals surface area contributed by atoms with E-state index in [2.05, 4.69) is 29.8 Å². The highest BCUT2D eigenvalue weighted by Gasteiger charge is 2.22. The lowest BCUT2D eigenvalue weighted by Gasteiger charge is -2.17. The molecule has 9 heteroatoms. The molecule has 0 atom stereocenters. The van der Waals surface area contributed by atoms with Crippen LogP contribution in [0, 0.1) is 20.8 Å². The Kier molecular flexibility index (Phi) is 4.55. The lowest BCUT2D eigenvalue weighted by atomic mass is 10.4. The molecular formula is C15H22N6O2S. The van der Waals surface area contributed by atoms with E-state index in [4.69, 9.17) is 0 Å². The number of aryl methyl sites for hydroxylation is 3. The van der Waals surface area contributed by atoms with Gasteiger partial charge in [0.05, 0.1) is 17.9 Å². The number of nitrogens with one attached hydrogen (secondary N) is 2. The maximum Gasteiger partial charge on any atom is 0.244 e. The molecule has 8 nitrogen and oxygen atoms in total. The van der Waals surface area contributed by atoms with Gasteiger partial charge in [-0.15, -0.1) is 0 Å². The van der Waals surface area contributed by atoms with Gasteiger partial charge >= 0.3 is 0 Å². The number of aromatic nitrogens is 4. The Morgan fingerprint density at radius 2 is 1.92 bits per heavy atom. The van der Waals surface area contributed by atoms with Gasteiger partial charge in [-0.3, -0.25) is 5.10 Å². The summed E-state index contributed by atoms with van der Waals surface area (Å²) >= 11 is 0. The Labute approximate surface area is 141 Å². The Hall–Kier alpha value is -2.00. The van der Waals surface area contributed by atoms with Crippen molar-refractivity contribution in [2.75, 3.05) is 18.0 Å². The maximum absolute atomic E-state index is 12.5. The summed E-state index contributed by atoms with van der Waals surface area (Å²) in [5.41, 5.74) is 1.79. The third-order valence-electron chi connectivity index (χ3n) is 4.07. The molecule has 0 amide bonds. The Morgan fingerprint density at radius 3 is 2.54 bits per heavy atom. The van der Waals surface area contributed by atoms with E-state index in [0.717, 1.165) is 37.4 Å². The molecule has 0 aromatic carbocycles. The molecule has 2 aromatic heterocycles. The zero-order valence-corrected chi connectivity index (χ0v) is 14.9. The first-order chi connectivity index (χ1) is 11.4. The molecule has 0 radical (unpaired) electrons. The van der Waals surface area contributed by atoms with Crippen LogP contribution < -0.4 is 9.62 Å². The average molecular weight is 350 g/mol. The second-order valence-electron chi connectivity index (χ2n) is 6.07. The zero-order valence-electron chi connectivity index (χ0n) is 14.1. The van der Waals surface area contributed by atoms with E-state index in [9.17, 15) is 8.42 Å². The van der Waals surface area contributed by atoms with Crippen LogP contribution in [-0.4, -0.2) is 41.7 Å². The van der Waals surface area contributed by atoms with Gasteiger partial charge in [0.25, 0.3) is 0 Å². The van der Waals surface area contributed by atoms with Crippen LogP contribution in [0.4, 0.5) is 5.82 Å². The monoisotopic (exact) mass is 350 g/mol. The lowest BCUT2D eigenvalue weighted by molar-refractivity contribution is 0.578. The van der Waals surface area contributed by atoms with Crippen LogP contribution in [0.25, 0.3) is 0 Å². The molecule has 3 rings (SSSR count). The second-order valence-corrected chi connectivity index (χ2v) is 7.77. The van der Waals surface area contributed by atoms with Crippen LogP contribution in [0.3, 0.4) is 0 Å². The molecule has 130 valence electrons. The number of aromatic amines is 1. The van der Waals surface area contributed by atoms with Crippen molar-refractivity contribution in [1.82, 2.24) is 24.9 Å². The molecule has 1 fully saturated rings. The standard InChI is InChI=1S/C15H22N6O2S/c1-10-8-14(21-6-4-5-7-21)18-13(17-10)9-16-24(22,23)15-11(2)19-20-12(15)3/h8,16H,4-7,9H2,1-3H3,(H,19,20). The van der Waals surface area contributed by atoms with Gasteiger partial charge < -0.3 is 4.90 Å². The molecule has 1 aliphatic rings. The van der Waals surface area contributed by atoms with Crippen molar-refractivity contribution in [2.24, 2.45) is 0 Å². The summed E-state index contributed by atoms with van der Waals surface area (Å²) in [6.07, 6.45) is 2.31. The Morgan fingerprint density at radius 1 is 1.21 bits per heavy atom. The third kappa shape index (κ3) is 3.41. The van der Waals surface area contributed by atoms with E-state index in [1.807, 2.05) is 13.0 Å². The van der Waals surface area contributed by atoms with Crippen LogP contribution in [0.15, 0.2) is 11.0 Å². The first-order valence-electron chi connectivity index (χ1n) is 7.97. The van der Waals surface area contributed by atoms with E-state index in [1.165, 1.54) is 0 Å². The number of nitrogens with zero attached hydrogens (tertiary/aromatic N) is 4. The topological polar surface area (TPSA) is 104 Å². The van der Waals surface area contributed by atoms with Gasteiger partial charge in [-0.25, -0.2) is 23.1 Å². The highest BCUT2D eigenvalue weighted by Crippen LogP contribution is 2.19. The van der Waals surface area contributed by atoms with Crippen molar-refractivity contribution < 1.29 is 8.42 Å². The minimum Gasteiger partial charge on any atom is -0.357 e. The summed E-state index contributed by atoms with van der Waals surface area (Å²) in [5.74, 6) is 1.34. The normalized spacial score (nSPS) is 15.2. The van der Waals surface area contributed by atoms with Crippen molar-refractivity contribution in [1.29, 1.82) is 0 Å². The van der Waals surface area contributed by atoms with Gasteiger partial charge in [0.2, 0.25) is 10.0 Å². The molecule has 0 aliphatic carbocycles. The fourth-order valence-corrected chi connectivity index (χ4v) is 4.31. The molecule has 2 N–H and O–H groups in total.